The number of hydrogen-bond acceptors (Lipinski definition) is 4. The maximum Gasteiger partial charge on any atom is 0.284 e. The van der Waals surface area contributed by atoms with E-state index in [1.54, 1.807) is 29.1 Å². The summed E-state index contributed by atoms with van der Waals surface area (Å²) in [5.41, 5.74) is 2.06. The van der Waals surface area contributed by atoms with Gasteiger partial charge in [0.05, 0.1) is 16.8 Å². The Bertz CT molecular complexity index is 1310. The van der Waals surface area contributed by atoms with Crippen molar-refractivity contribution in [3.8, 4) is 5.69 Å². The number of para-hydroxylation sites is 1. The zero-order valence-corrected chi connectivity index (χ0v) is 19.8. The second-order valence-electron chi connectivity index (χ2n) is 8.12. The minimum atomic E-state index is -3.88. The van der Waals surface area contributed by atoms with Crippen molar-refractivity contribution in [2.75, 3.05) is 18.9 Å². The highest BCUT2D eigenvalue weighted by atomic mass is 32.2. The Balaban J connectivity index is 1.44. The first-order valence-electron chi connectivity index (χ1n) is 11.1. The summed E-state index contributed by atoms with van der Waals surface area (Å²) < 4.78 is 31.6. The van der Waals surface area contributed by atoms with Gasteiger partial charge in [-0.05, 0) is 49.2 Å². The van der Waals surface area contributed by atoms with Crippen LogP contribution in [-0.2, 0) is 14.8 Å². The van der Waals surface area contributed by atoms with Gasteiger partial charge in [0.1, 0.15) is 5.84 Å². The van der Waals surface area contributed by atoms with Crippen LogP contribution in [0.1, 0.15) is 31.2 Å². The molecule has 1 amide bonds. The van der Waals surface area contributed by atoms with E-state index >= 15 is 0 Å². The third-order valence-corrected chi connectivity index (χ3v) is 6.81. The fourth-order valence-corrected chi connectivity index (χ4v) is 4.81. The van der Waals surface area contributed by atoms with Gasteiger partial charge < -0.3 is 10.2 Å². The third-order valence-electron chi connectivity index (χ3n) is 5.51. The van der Waals surface area contributed by atoms with Crippen LogP contribution in [0.5, 0.6) is 0 Å². The molecule has 4 rings (SSSR count). The minimum absolute atomic E-state index is 0.0450. The first-order chi connectivity index (χ1) is 16.4. The molecule has 2 heterocycles. The Morgan fingerprint density at radius 3 is 2.74 bits per heavy atom. The average Bonchev–Trinajstić information content (AvgIpc) is 3.23. The van der Waals surface area contributed by atoms with Gasteiger partial charge in [0.15, 0.2) is 0 Å². The number of anilines is 1. The molecule has 1 saturated heterocycles. The molecule has 176 valence electrons. The molecule has 1 fully saturated rings. The van der Waals surface area contributed by atoms with E-state index in [0.29, 0.717) is 17.9 Å². The fourth-order valence-electron chi connectivity index (χ4n) is 3.67. The van der Waals surface area contributed by atoms with E-state index in [9.17, 15) is 13.2 Å². The molecule has 0 aliphatic carbocycles. The van der Waals surface area contributed by atoms with Gasteiger partial charge in [0, 0.05) is 43.5 Å². The zero-order chi connectivity index (χ0) is 24.0. The van der Waals surface area contributed by atoms with Gasteiger partial charge in [-0.2, -0.15) is 13.5 Å². The highest BCUT2D eigenvalue weighted by Crippen LogP contribution is 2.20. The normalized spacial score (nSPS) is 16.0. The lowest BCUT2D eigenvalue weighted by Crippen LogP contribution is -2.26. The molecule has 0 saturated carbocycles. The van der Waals surface area contributed by atoms with Crippen molar-refractivity contribution in [1.29, 1.82) is 0 Å². The van der Waals surface area contributed by atoms with Crippen molar-refractivity contribution in [2.45, 2.75) is 30.6 Å². The number of aromatic nitrogens is 2. The highest BCUT2D eigenvalue weighted by Gasteiger charge is 2.18. The Hall–Kier alpha value is -3.72. The van der Waals surface area contributed by atoms with Gasteiger partial charge in [0.2, 0.25) is 5.91 Å². The third kappa shape index (κ3) is 5.99. The van der Waals surface area contributed by atoms with E-state index in [4.69, 9.17) is 0 Å². The second-order valence-corrected chi connectivity index (χ2v) is 9.72. The number of nitrogens with one attached hydrogen (secondary N) is 1. The molecule has 1 N–H and O–H groups in total. The Morgan fingerprint density at radius 1 is 1.09 bits per heavy atom. The number of benzene rings is 2. The van der Waals surface area contributed by atoms with Gasteiger partial charge in [-0.25, -0.2) is 4.68 Å². The highest BCUT2D eigenvalue weighted by molar-refractivity contribution is 7.90. The summed E-state index contributed by atoms with van der Waals surface area (Å²) in [6, 6.07) is 15.8. The monoisotopic (exact) mass is 477 g/mol. The number of amides is 1. The second kappa shape index (κ2) is 10.5. The van der Waals surface area contributed by atoms with Crippen LogP contribution in [0.3, 0.4) is 0 Å². The molecule has 9 heteroatoms. The number of nitrogens with zero attached hydrogens (tertiary/aromatic N) is 4. The first-order valence-corrected chi connectivity index (χ1v) is 12.6. The fraction of sp³-hybridized carbons (Fsp3) is 0.240. The number of amidine groups is 1. The quantitative estimate of drug-likeness (QED) is 0.539. The topological polar surface area (TPSA) is 96.7 Å². The summed E-state index contributed by atoms with van der Waals surface area (Å²) >= 11 is 0. The van der Waals surface area contributed by atoms with Crippen LogP contribution in [0.25, 0.3) is 11.8 Å². The van der Waals surface area contributed by atoms with Crippen LogP contribution in [0.4, 0.5) is 5.69 Å². The molecule has 2 aromatic carbocycles. The van der Waals surface area contributed by atoms with Crippen LogP contribution < -0.4 is 5.32 Å². The lowest BCUT2D eigenvalue weighted by Gasteiger charge is -2.17. The average molecular weight is 478 g/mol. The van der Waals surface area contributed by atoms with E-state index in [1.807, 2.05) is 48.5 Å². The van der Waals surface area contributed by atoms with E-state index in [0.717, 1.165) is 37.1 Å². The maximum absolute atomic E-state index is 12.9. The summed E-state index contributed by atoms with van der Waals surface area (Å²) in [5.74, 6) is 0.197. The maximum atomic E-state index is 12.9. The predicted molar refractivity (Wildman–Crippen MR) is 133 cm³/mol. The van der Waals surface area contributed by atoms with Gasteiger partial charge in [0.25, 0.3) is 10.0 Å². The largest absolute Gasteiger partial charge is 0.362 e. The molecule has 8 nitrogen and oxygen atoms in total. The van der Waals surface area contributed by atoms with Crippen LogP contribution in [0, 0.1) is 0 Å². The van der Waals surface area contributed by atoms with Crippen LogP contribution >= 0.6 is 0 Å². The number of carbonyl (C=O) groups is 1. The molecular weight excluding hydrogens is 450 g/mol. The summed E-state index contributed by atoms with van der Waals surface area (Å²) in [6.07, 6.45) is 10.2. The standard InChI is InChI=1S/C25H27N5O3S/c1-29-16-7-3-6-13-24(29)28-34(32,33)23-12-8-9-21(17-23)27-25(31)15-14-20-18-26-30(19-20)22-10-4-2-5-11-22/h2,4-5,8-12,14-15,17-19H,3,6-7,13,16H2,1H3,(H,27,31)/b15-14+,28-24+. The molecular formula is C25H27N5O3S. The lowest BCUT2D eigenvalue weighted by atomic mass is 10.2. The SMILES string of the molecule is CN1CCCCC/C1=N\S(=O)(=O)c1cccc(NC(=O)/C=C/c2cnn(-c3ccccc3)c2)c1. The van der Waals surface area contributed by atoms with Gasteiger partial charge in [-0.15, -0.1) is 4.40 Å². The number of carbonyl (C=O) groups excluding carboxylic acids is 1. The van der Waals surface area contributed by atoms with E-state index in [1.165, 1.54) is 18.2 Å². The summed E-state index contributed by atoms with van der Waals surface area (Å²) in [4.78, 5) is 14.4. The van der Waals surface area contributed by atoms with Crippen molar-refractivity contribution in [3.63, 3.8) is 0 Å². The van der Waals surface area contributed by atoms with E-state index in [-0.39, 0.29) is 10.8 Å². The molecule has 3 aromatic rings. The Morgan fingerprint density at radius 2 is 1.91 bits per heavy atom. The smallest absolute Gasteiger partial charge is 0.284 e. The molecule has 0 bridgehead atoms. The van der Waals surface area contributed by atoms with Crippen molar-refractivity contribution in [2.24, 2.45) is 4.40 Å². The molecule has 1 aromatic heterocycles. The lowest BCUT2D eigenvalue weighted by molar-refractivity contribution is -0.111. The van der Waals surface area contributed by atoms with Crippen LogP contribution in [0.15, 0.2) is 82.4 Å². The zero-order valence-electron chi connectivity index (χ0n) is 19.0. The predicted octanol–water partition coefficient (Wildman–Crippen LogP) is 4.12. The molecule has 34 heavy (non-hydrogen) atoms. The van der Waals surface area contributed by atoms with Crippen LogP contribution in [-0.4, -0.2) is 48.4 Å². The molecule has 1 aliphatic heterocycles. The molecule has 0 atom stereocenters. The number of hydrogen-bond donors (Lipinski definition) is 1. The number of sulfonamides is 1. The van der Waals surface area contributed by atoms with Crippen molar-refractivity contribution in [1.82, 2.24) is 14.7 Å². The summed E-state index contributed by atoms with van der Waals surface area (Å²) in [6.45, 7) is 0.793. The Kier molecular flexibility index (Phi) is 7.22. The Labute approximate surface area is 199 Å². The van der Waals surface area contributed by atoms with Crippen molar-refractivity contribution in [3.05, 3.63) is 78.6 Å². The first kappa shape index (κ1) is 23.4. The van der Waals surface area contributed by atoms with Gasteiger partial charge >= 0.3 is 0 Å². The molecule has 0 unspecified atom stereocenters. The molecule has 0 radical (unpaired) electrons. The van der Waals surface area contributed by atoms with Gasteiger partial charge in [-0.3, -0.25) is 4.79 Å². The summed E-state index contributed by atoms with van der Waals surface area (Å²) in [5, 5.41) is 7.01. The number of rotatable bonds is 6. The summed E-state index contributed by atoms with van der Waals surface area (Å²) in [7, 11) is -2.01. The molecule has 0 spiro atoms. The van der Waals surface area contributed by atoms with E-state index < -0.39 is 10.0 Å². The van der Waals surface area contributed by atoms with Crippen molar-refractivity contribution < 1.29 is 13.2 Å². The van der Waals surface area contributed by atoms with E-state index in [2.05, 4.69) is 14.8 Å². The molecule has 1 aliphatic rings. The number of likely N-dealkylation sites (tertiary alicyclic amines) is 1. The van der Waals surface area contributed by atoms with Crippen molar-refractivity contribution >= 4 is 33.5 Å². The minimum Gasteiger partial charge on any atom is -0.362 e. The van der Waals surface area contributed by atoms with Gasteiger partial charge in [-0.1, -0.05) is 30.7 Å². The van der Waals surface area contributed by atoms with Crippen LogP contribution in [0.2, 0.25) is 0 Å².